The van der Waals surface area contributed by atoms with Gasteiger partial charge in [-0.25, -0.2) is 8.42 Å². The molecule has 0 amide bonds. The Labute approximate surface area is 108 Å². The van der Waals surface area contributed by atoms with Crippen molar-refractivity contribution in [1.29, 1.82) is 0 Å². The van der Waals surface area contributed by atoms with E-state index < -0.39 is 9.84 Å². The van der Waals surface area contributed by atoms with E-state index in [0.717, 1.165) is 25.0 Å². The second-order valence-electron chi connectivity index (χ2n) is 4.91. The molecule has 0 bridgehead atoms. The summed E-state index contributed by atoms with van der Waals surface area (Å²) in [4.78, 5) is 0. The Morgan fingerprint density at radius 1 is 1.44 bits per heavy atom. The Morgan fingerprint density at radius 2 is 2.28 bits per heavy atom. The van der Waals surface area contributed by atoms with Crippen molar-refractivity contribution in [2.75, 3.05) is 6.26 Å². The fourth-order valence-corrected chi connectivity index (χ4v) is 3.57. The first-order valence-electron chi connectivity index (χ1n) is 6.24. The van der Waals surface area contributed by atoms with Crippen LogP contribution < -0.4 is 5.32 Å². The normalized spacial score (nSPS) is 24.9. The fraction of sp³-hybridized carbons (Fsp3) is 0.667. The van der Waals surface area contributed by atoms with Gasteiger partial charge in [0, 0.05) is 25.0 Å². The predicted molar refractivity (Wildman–Crippen MR) is 69.8 cm³/mol. The molecule has 0 aromatic carbocycles. The number of nitrogens with zero attached hydrogens (tertiary/aromatic N) is 2. The monoisotopic (exact) mass is 269 g/mol. The third-order valence-electron chi connectivity index (χ3n) is 3.43. The zero-order valence-electron chi connectivity index (χ0n) is 10.5. The molecule has 1 N–H and O–H groups in total. The predicted octanol–water partition coefficient (Wildman–Crippen LogP) is 0.922. The molecule has 1 aromatic heterocycles. The third kappa shape index (κ3) is 3.74. The van der Waals surface area contributed by atoms with Crippen LogP contribution in [0.5, 0.6) is 0 Å². The first kappa shape index (κ1) is 13.4. The zero-order valence-corrected chi connectivity index (χ0v) is 11.4. The summed E-state index contributed by atoms with van der Waals surface area (Å²) in [6.07, 6.45) is 6.48. The Bertz CT molecular complexity index is 475. The Balaban J connectivity index is 1.87. The summed E-state index contributed by atoms with van der Waals surface area (Å²) in [6, 6.07) is 4.03. The smallest absolute Gasteiger partial charge is 0.150 e. The number of rotatable bonds is 4. The van der Waals surface area contributed by atoms with E-state index in [2.05, 4.69) is 15.5 Å². The number of hydrogen-bond donors (Lipinski definition) is 1. The van der Waals surface area contributed by atoms with Gasteiger partial charge in [0.1, 0.15) is 9.84 Å². The number of aromatic nitrogens is 2. The van der Waals surface area contributed by atoms with Crippen molar-refractivity contribution in [3.8, 4) is 0 Å². The molecular formula is C12H19N3O2S. The Hall–Kier alpha value is -1.01. The molecule has 0 radical (unpaired) electrons. The van der Waals surface area contributed by atoms with Crippen LogP contribution >= 0.6 is 0 Å². The van der Waals surface area contributed by atoms with Crippen LogP contribution in [0.3, 0.4) is 0 Å². The van der Waals surface area contributed by atoms with E-state index in [-0.39, 0.29) is 11.3 Å². The summed E-state index contributed by atoms with van der Waals surface area (Å²) in [6.45, 7) is 0.648. The summed E-state index contributed by atoms with van der Waals surface area (Å²) in [5, 5.41) is 11.0. The second-order valence-corrected chi connectivity index (χ2v) is 7.24. The van der Waals surface area contributed by atoms with Crippen molar-refractivity contribution >= 4 is 9.84 Å². The minimum absolute atomic E-state index is 0.189. The van der Waals surface area contributed by atoms with E-state index in [1.165, 1.54) is 6.26 Å². The van der Waals surface area contributed by atoms with Crippen LogP contribution in [0, 0.1) is 0 Å². The molecule has 2 unspecified atom stereocenters. The Kier molecular flexibility index (Phi) is 4.29. The molecule has 2 atom stereocenters. The molecule has 6 heteroatoms. The first-order valence-corrected chi connectivity index (χ1v) is 8.20. The fourth-order valence-electron chi connectivity index (χ4n) is 2.40. The highest BCUT2D eigenvalue weighted by atomic mass is 32.2. The molecular weight excluding hydrogens is 250 g/mol. The van der Waals surface area contributed by atoms with E-state index in [0.29, 0.717) is 13.0 Å². The molecule has 0 spiro atoms. The number of nitrogens with one attached hydrogen (secondary N) is 1. The van der Waals surface area contributed by atoms with Crippen molar-refractivity contribution in [3.63, 3.8) is 0 Å². The van der Waals surface area contributed by atoms with Crippen LogP contribution in [-0.4, -0.2) is 36.2 Å². The lowest BCUT2D eigenvalue weighted by Gasteiger charge is -2.28. The van der Waals surface area contributed by atoms with Crippen molar-refractivity contribution in [2.24, 2.45) is 0 Å². The minimum atomic E-state index is -2.91. The van der Waals surface area contributed by atoms with Gasteiger partial charge in [0.2, 0.25) is 0 Å². The van der Waals surface area contributed by atoms with Gasteiger partial charge < -0.3 is 5.32 Å². The maximum absolute atomic E-state index is 11.6. The van der Waals surface area contributed by atoms with E-state index in [1.54, 1.807) is 6.20 Å². The standard InChI is InChI=1S/C12H19N3O2S/c1-18(16,17)12-6-2-4-10(8-12)13-9-11-5-3-7-14-15-11/h3,5,7,10,12-13H,2,4,6,8-9H2,1H3. The van der Waals surface area contributed by atoms with Crippen LogP contribution in [0.15, 0.2) is 18.3 Å². The maximum atomic E-state index is 11.6. The van der Waals surface area contributed by atoms with Gasteiger partial charge in [-0.3, -0.25) is 0 Å². The molecule has 0 saturated heterocycles. The molecule has 1 saturated carbocycles. The first-order chi connectivity index (χ1) is 8.55. The van der Waals surface area contributed by atoms with E-state index >= 15 is 0 Å². The summed E-state index contributed by atoms with van der Waals surface area (Å²) in [5.74, 6) is 0. The molecule has 1 aliphatic carbocycles. The van der Waals surface area contributed by atoms with Crippen LogP contribution in [0.2, 0.25) is 0 Å². The lowest BCUT2D eigenvalue weighted by atomic mass is 9.95. The van der Waals surface area contributed by atoms with Gasteiger partial charge in [-0.1, -0.05) is 6.42 Å². The largest absolute Gasteiger partial charge is 0.308 e. The summed E-state index contributed by atoms with van der Waals surface area (Å²) < 4.78 is 23.1. The van der Waals surface area contributed by atoms with Crippen molar-refractivity contribution in [1.82, 2.24) is 15.5 Å². The van der Waals surface area contributed by atoms with Gasteiger partial charge in [-0.05, 0) is 31.4 Å². The summed E-state index contributed by atoms with van der Waals surface area (Å²) in [5.41, 5.74) is 0.888. The molecule has 1 fully saturated rings. The van der Waals surface area contributed by atoms with Gasteiger partial charge in [0.05, 0.1) is 10.9 Å². The topological polar surface area (TPSA) is 72.0 Å². The zero-order chi connectivity index (χ0) is 13.0. The average molecular weight is 269 g/mol. The van der Waals surface area contributed by atoms with Crippen molar-refractivity contribution in [3.05, 3.63) is 24.0 Å². The molecule has 18 heavy (non-hydrogen) atoms. The lowest BCUT2D eigenvalue weighted by molar-refractivity contribution is 0.369. The van der Waals surface area contributed by atoms with E-state index in [1.807, 2.05) is 12.1 Å². The van der Waals surface area contributed by atoms with Crippen LogP contribution in [-0.2, 0) is 16.4 Å². The third-order valence-corrected chi connectivity index (χ3v) is 5.07. The van der Waals surface area contributed by atoms with Crippen molar-refractivity contribution < 1.29 is 8.42 Å². The SMILES string of the molecule is CS(=O)(=O)C1CCCC(NCc2cccnn2)C1. The second kappa shape index (κ2) is 5.75. The van der Waals surface area contributed by atoms with Gasteiger partial charge in [-0.2, -0.15) is 10.2 Å². The highest BCUT2D eigenvalue weighted by Crippen LogP contribution is 2.23. The van der Waals surface area contributed by atoms with Gasteiger partial charge in [0.15, 0.2) is 0 Å². The molecule has 1 aliphatic rings. The van der Waals surface area contributed by atoms with Crippen LogP contribution in [0.1, 0.15) is 31.4 Å². The molecule has 1 heterocycles. The van der Waals surface area contributed by atoms with Crippen LogP contribution in [0.4, 0.5) is 0 Å². The molecule has 2 rings (SSSR count). The van der Waals surface area contributed by atoms with E-state index in [4.69, 9.17) is 0 Å². The van der Waals surface area contributed by atoms with Crippen LogP contribution in [0.25, 0.3) is 0 Å². The lowest BCUT2D eigenvalue weighted by Crippen LogP contribution is -2.38. The number of hydrogen-bond acceptors (Lipinski definition) is 5. The minimum Gasteiger partial charge on any atom is -0.308 e. The highest BCUT2D eigenvalue weighted by molar-refractivity contribution is 7.91. The number of sulfone groups is 1. The maximum Gasteiger partial charge on any atom is 0.150 e. The Morgan fingerprint density at radius 3 is 2.94 bits per heavy atom. The highest BCUT2D eigenvalue weighted by Gasteiger charge is 2.28. The van der Waals surface area contributed by atoms with Gasteiger partial charge >= 0.3 is 0 Å². The van der Waals surface area contributed by atoms with Crippen molar-refractivity contribution in [2.45, 2.75) is 43.5 Å². The molecule has 5 nitrogen and oxygen atoms in total. The summed E-state index contributed by atoms with van der Waals surface area (Å²) in [7, 11) is -2.91. The summed E-state index contributed by atoms with van der Waals surface area (Å²) >= 11 is 0. The quantitative estimate of drug-likeness (QED) is 0.880. The molecule has 0 aliphatic heterocycles. The molecule has 1 aromatic rings. The van der Waals surface area contributed by atoms with E-state index in [9.17, 15) is 8.42 Å². The molecule has 100 valence electrons. The average Bonchev–Trinajstić information content (AvgIpc) is 2.37. The van der Waals surface area contributed by atoms with Gasteiger partial charge in [-0.15, -0.1) is 0 Å². The van der Waals surface area contributed by atoms with Gasteiger partial charge in [0.25, 0.3) is 0 Å².